The molecule has 0 fully saturated rings. The number of unbranched alkanes of at least 4 members (excludes halogenated alkanes) is 1. The number of ether oxygens (including phenoxy) is 1. The number of hydrogen-bond acceptors (Lipinski definition) is 6. The van der Waals surface area contributed by atoms with Crippen LogP contribution in [0.15, 0.2) is 0 Å². The Bertz CT molecular complexity index is 393. The first-order valence-electron chi connectivity index (χ1n) is 4.23. The minimum atomic E-state index is -5.87. The van der Waals surface area contributed by atoms with Crippen LogP contribution in [0.4, 0.5) is 8.78 Å². The molecular weight excluding hydrogens is 268 g/mol. The van der Waals surface area contributed by atoms with E-state index in [9.17, 15) is 32.1 Å². The number of hydrogen-bond donors (Lipinski definition) is 1. The zero-order valence-corrected chi connectivity index (χ0v) is 9.15. The maximum atomic E-state index is 12.5. The Kier molecular flexibility index (Phi) is 5.35. The Labute approximate surface area is 94.5 Å². The van der Waals surface area contributed by atoms with Crippen molar-refractivity contribution in [1.82, 2.24) is 0 Å². The van der Waals surface area contributed by atoms with E-state index in [1.165, 1.54) is 0 Å². The van der Waals surface area contributed by atoms with Crippen LogP contribution in [0.5, 0.6) is 0 Å². The van der Waals surface area contributed by atoms with E-state index in [0.717, 1.165) is 0 Å². The summed E-state index contributed by atoms with van der Waals surface area (Å²) in [6, 6.07) is 0. The zero-order chi connectivity index (χ0) is 13.7. The SMILES string of the molecule is O=C(OCCCC[N+](=O)[O-])C(F)(F)S(=O)(=O)O. The maximum Gasteiger partial charge on any atom is 0.465 e. The van der Waals surface area contributed by atoms with E-state index < -0.39 is 39.4 Å². The van der Waals surface area contributed by atoms with Gasteiger partial charge in [0, 0.05) is 11.3 Å². The van der Waals surface area contributed by atoms with Crippen LogP contribution in [0.25, 0.3) is 0 Å². The highest BCUT2D eigenvalue weighted by Crippen LogP contribution is 2.22. The summed E-state index contributed by atoms with van der Waals surface area (Å²) < 4.78 is 57.1. The van der Waals surface area contributed by atoms with E-state index in [0.29, 0.717) is 0 Å². The minimum Gasteiger partial charge on any atom is -0.460 e. The van der Waals surface area contributed by atoms with Crippen LogP contribution in [0.2, 0.25) is 0 Å². The fourth-order valence-electron chi connectivity index (χ4n) is 0.697. The molecular formula is C6H9F2NO7S. The van der Waals surface area contributed by atoms with Crippen LogP contribution in [0.3, 0.4) is 0 Å². The van der Waals surface area contributed by atoms with Gasteiger partial charge in [-0.3, -0.25) is 14.7 Å². The molecule has 0 bridgehead atoms. The second-order valence-corrected chi connectivity index (χ2v) is 4.35. The van der Waals surface area contributed by atoms with E-state index in [-0.39, 0.29) is 12.8 Å². The number of rotatable bonds is 7. The van der Waals surface area contributed by atoms with Crippen molar-refractivity contribution in [3.05, 3.63) is 10.1 Å². The lowest BCUT2D eigenvalue weighted by Gasteiger charge is -2.11. The third kappa shape index (κ3) is 4.99. The van der Waals surface area contributed by atoms with Crippen LogP contribution in [-0.4, -0.2) is 42.3 Å². The molecule has 0 rings (SSSR count). The Morgan fingerprint density at radius 3 is 2.35 bits per heavy atom. The van der Waals surface area contributed by atoms with E-state index in [4.69, 9.17) is 4.55 Å². The van der Waals surface area contributed by atoms with Gasteiger partial charge < -0.3 is 4.74 Å². The Morgan fingerprint density at radius 2 is 1.94 bits per heavy atom. The number of nitro groups is 1. The molecule has 17 heavy (non-hydrogen) atoms. The molecule has 0 saturated heterocycles. The zero-order valence-electron chi connectivity index (χ0n) is 8.34. The average Bonchev–Trinajstić information content (AvgIpc) is 2.14. The fourth-order valence-corrected chi connectivity index (χ4v) is 0.967. The predicted molar refractivity (Wildman–Crippen MR) is 48.6 cm³/mol. The highest BCUT2D eigenvalue weighted by molar-refractivity contribution is 7.87. The fraction of sp³-hybridized carbons (Fsp3) is 0.833. The van der Waals surface area contributed by atoms with Gasteiger partial charge in [-0.1, -0.05) is 0 Å². The normalized spacial score (nSPS) is 12.2. The third-order valence-corrected chi connectivity index (χ3v) is 2.34. The number of halogens is 2. The molecule has 0 aromatic rings. The smallest absolute Gasteiger partial charge is 0.460 e. The van der Waals surface area contributed by atoms with Gasteiger partial charge >= 0.3 is 21.3 Å². The number of alkyl halides is 2. The van der Waals surface area contributed by atoms with Gasteiger partial charge in [-0.2, -0.15) is 17.2 Å². The monoisotopic (exact) mass is 277 g/mol. The van der Waals surface area contributed by atoms with Crippen LogP contribution >= 0.6 is 0 Å². The number of carbonyl (C=O) groups is 1. The second kappa shape index (κ2) is 5.82. The van der Waals surface area contributed by atoms with Crippen molar-refractivity contribution < 1.29 is 36.2 Å². The maximum absolute atomic E-state index is 12.5. The van der Waals surface area contributed by atoms with Gasteiger partial charge in [-0.05, 0) is 6.42 Å². The summed E-state index contributed by atoms with van der Waals surface area (Å²) in [6.45, 7) is -1.02. The molecule has 0 aromatic carbocycles. The lowest BCUT2D eigenvalue weighted by Crippen LogP contribution is -2.39. The average molecular weight is 277 g/mol. The molecule has 1 N–H and O–H groups in total. The molecule has 0 heterocycles. The Balaban J connectivity index is 4.08. The van der Waals surface area contributed by atoms with Gasteiger partial charge in [0.2, 0.25) is 6.54 Å². The first-order chi connectivity index (χ1) is 7.59. The van der Waals surface area contributed by atoms with E-state index >= 15 is 0 Å². The number of esters is 1. The van der Waals surface area contributed by atoms with Crippen molar-refractivity contribution in [3.8, 4) is 0 Å². The molecule has 100 valence electrons. The van der Waals surface area contributed by atoms with Crippen molar-refractivity contribution in [3.63, 3.8) is 0 Å². The Morgan fingerprint density at radius 1 is 1.41 bits per heavy atom. The molecule has 0 saturated carbocycles. The van der Waals surface area contributed by atoms with Crippen LogP contribution in [-0.2, 0) is 19.6 Å². The summed E-state index contributed by atoms with van der Waals surface area (Å²) in [4.78, 5) is 19.8. The van der Waals surface area contributed by atoms with Gasteiger partial charge in [0.05, 0.1) is 6.61 Å². The summed E-state index contributed by atoms with van der Waals surface area (Å²) in [6.07, 6.45) is -0.0913. The molecule has 0 aliphatic rings. The van der Waals surface area contributed by atoms with Gasteiger partial charge in [0.25, 0.3) is 0 Å². The highest BCUT2D eigenvalue weighted by Gasteiger charge is 2.54. The first-order valence-corrected chi connectivity index (χ1v) is 5.67. The van der Waals surface area contributed by atoms with Gasteiger partial charge in [0.1, 0.15) is 0 Å². The van der Waals surface area contributed by atoms with Crippen molar-refractivity contribution in [2.24, 2.45) is 0 Å². The minimum absolute atomic E-state index is 0.0161. The lowest BCUT2D eigenvalue weighted by atomic mass is 10.3. The largest absolute Gasteiger partial charge is 0.465 e. The predicted octanol–water partition coefficient (Wildman–Crippen LogP) is 0.0671. The summed E-state index contributed by atoms with van der Waals surface area (Å²) >= 11 is 0. The standard InChI is InChI=1S/C6H9F2NO7S/c7-6(8,17(13,14)15)5(10)16-4-2-1-3-9(11)12/h1-4H2,(H,13,14,15). The number of nitrogens with zero attached hydrogens (tertiary/aromatic N) is 1. The molecule has 8 nitrogen and oxygen atoms in total. The van der Waals surface area contributed by atoms with Crippen LogP contribution in [0.1, 0.15) is 12.8 Å². The van der Waals surface area contributed by atoms with E-state index in [1.54, 1.807) is 0 Å². The van der Waals surface area contributed by atoms with Crippen molar-refractivity contribution in [2.45, 2.75) is 18.1 Å². The van der Waals surface area contributed by atoms with Gasteiger partial charge in [-0.25, -0.2) is 4.79 Å². The van der Waals surface area contributed by atoms with Crippen molar-refractivity contribution in [2.75, 3.05) is 13.2 Å². The van der Waals surface area contributed by atoms with Gasteiger partial charge in [-0.15, -0.1) is 0 Å². The lowest BCUT2D eigenvalue weighted by molar-refractivity contribution is -0.480. The molecule has 0 aromatic heterocycles. The third-order valence-electron chi connectivity index (χ3n) is 1.53. The molecule has 0 aliphatic heterocycles. The van der Waals surface area contributed by atoms with Crippen LogP contribution < -0.4 is 0 Å². The number of carbonyl (C=O) groups excluding carboxylic acids is 1. The van der Waals surface area contributed by atoms with Crippen molar-refractivity contribution >= 4 is 16.1 Å². The molecule has 0 aliphatic carbocycles. The molecule has 11 heteroatoms. The van der Waals surface area contributed by atoms with E-state index in [2.05, 4.69) is 4.74 Å². The quantitative estimate of drug-likeness (QED) is 0.229. The van der Waals surface area contributed by atoms with Crippen molar-refractivity contribution in [1.29, 1.82) is 0 Å². The summed E-state index contributed by atoms with van der Waals surface area (Å²) in [5, 5.41) is 4.82. The summed E-state index contributed by atoms with van der Waals surface area (Å²) in [5.41, 5.74) is 0. The highest BCUT2D eigenvalue weighted by atomic mass is 32.2. The first kappa shape index (κ1) is 15.6. The molecule has 0 spiro atoms. The molecule has 0 unspecified atom stereocenters. The molecule has 0 amide bonds. The molecule has 0 atom stereocenters. The summed E-state index contributed by atoms with van der Waals surface area (Å²) in [7, 11) is -5.87. The van der Waals surface area contributed by atoms with Crippen LogP contribution in [0, 0.1) is 10.1 Å². The van der Waals surface area contributed by atoms with Gasteiger partial charge in [0.15, 0.2) is 0 Å². The topological polar surface area (TPSA) is 124 Å². The van der Waals surface area contributed by atoms with E-state index in [1.807, 2.05) is 0 Å². The molecule has 0 radical (unpaired) electrons. The Hall–Kier alpha value is -1.36. The summed E-state index contributed by atoms with van der Waals surface area (Å²) in [5.74, 6) is -2.42. The second-order valence-electron chi connectivity index (χ2n) is 2.89.